The molecular weight excluding hydrogens is 476 g/mol. The van der Waals surface area contributed by atoms with Crippen LogP contribution in [0, 0.1) is 0 Å². The van der Waals surface area contributed by atoms with E-state index in [-0.39, 0.29) is 24.4 Å². The third-order valence-corrected chi connectivity index (χ3v) is 6.96. The van der Waals surface area contributed by atoms with Crippen molar-refractivity contribution in [2.45, 2.75) is 63.2 Å². The number of hydrogen-bond donors (Lipinski definition) is 0. The highest BCUT2D eigenvalue weighted by molar-refractivity contribution is 5.82. The topological polar surface area (TPSA) is 111 Å². The van der Waals surface area contributed by atoms with E-state index in [2.05, 4.69) is 30.4 Å². The molecule has 192 valence electrons. The molecule has 38 heavy (non-hydrogen) atoms. The quantitative estimate of drug-likeness (QED) is 0.315. The lowest BCUT2D eigenvalue weighted by Crippen LogP contribution is -2.17. The predicted octanol–water partition coefficient (Wildman–Crippen LogP) is 4.21. The molecule has 4 aromatic heterocycles. The van der Waals surface area contributed by atoms with E-state index in [1.807, 2.05) is 60.7 Å². The van der Waals surface area contributed by atoms with Crippen molar-refractivity contribution in [2.24, 2.45) is 0 Å². The molecule has 0 aliphatic heterocycles. The smallest absolute Gasteiger partial charge is 0.144 e. The Balaban J connectivity index is 1.14. The zero-order chi connectivity index (χ0) is 26.2. The standard InChI is InChI=1S/C30H30N6O2/c37-27(17-23-8-1-3-14-31-23)19-25-10-12-29(35-33-25)21-6-5-7-22(16-21)30-13-11-26(34-36-30)20-28(38)18-24-9-2-4-15-32-24/h1-4,8-15,21-22H,5-7,16-20H2/t21-,22-/m1/s1. The van der Waals surface area contributed by atoms with Gasteiger partial charge in [-0.05, 0) is 67.8 Å². The Hall–Kier alpha value is -4.20. The van der Waals surface area contributed by atoms with Gasteiger partial charge in [0.1, 0.15) is 11.6 Å². The molecule has 4 aromatic rings. The van der Waals surface area contributed by atoms with E-state index < -0.39 is 0 Å². The zero-order valence-corrected chi connectivity index (χ0v) is 21.2. The van der Waals surface area contributed by atoms with Crippen molar-refractivity contribution in [3.05, 3.63) is 107 Å². The van der Waals surface area contributed by atoms with Gasteiger partial charge in [0.05, 0.1) is 35.6 Å². The van der Waals surface area contributed by atoms with Crippen LogP contribution in [0.4, 0.5) is 0 Å². The zero-order valence-electron chi connectivity index (χ0n) is 21.2. The van der Waals surface area contributed by atoms with Crippen LogP contribution in [0.1, 0.15) is 71.7 Å². The van der Waals surface area contributed by atoms with Crippen molar-refractivity contribution in [3.63, 3.8) is 0 Å². The van der Waals surface area contributed by atoms with Crippen LogP contribution in [-0.4, -0.2) is 41.9 Å². The molecule has 0 bridgehead atoms. The number of nitrogens with zero attached hydrogens (tertiary/aromatic N) is 6. The predicted molar refractivity (Wildman–Crippen MR) is 141 cm³/mol. The summed E-state index contributed by atoms with van der Waals surface area (Å²) in [6, 6.07) is 19.0. The molecule has 0 amide bonds. The van der Waals surface area contributed by atoms with Gasteiger partial charge in [0.15, 0.2) is 0 Å². The molecular formula is C30H30N6O2. The van der Waals surface area contributed by atoms with Crippen LogP contribution in [-0.2, 0) is 35.3 Å². The molecule has 0 unspecified atom stereocenters. The molecule has 2 atom stereocenters. The van der Waals surface area contributed by atoms with Crippen molar-refractivity contribution in [1.82, 2.24) is 30.4 Å². The molecule has 1 aliphatic rings. The van der Waals surface area contributed by atoms with Gasteiger partial charge in [-0.15, -0.1) is 0 Å². The average Bonchev–Trinajstić information content (AvgIpc) is 2.95. The van der Waals surface area contributed by atoms with Gasteiger partial charge in [0.2, 0.25) is 0 Å². The number of aromatic nitrogens is 6. The highest BCUT2D eigenvalue weighted by atomic mass is 16.1. The Morgan fingerprint density at radius 1 is 0.579 bits per heavy atom. The summed E-state index contributed by atoms with van der Waals surface area (Å²) >= 11 is 0. The second kappa shape index (κ2) is 12.4. The van der Waals surface area contributed by atoms with E-state index in [4.69, 9.17) is 0 Å². The fourth-order valence-electron chi connectivity index (χ4n) is 5.03. The second-order valence-corrected chi connectivity index (χ2v) is 9.89. The second-order valence-electron chi connectivity index (χ2n) is 9.89. The lowest BCUT2D eigenvalue weighted by atomic mass is 9.78. The molecule has 0 saturated heterocycles. The van der Waals surface area contributed by atoms with Crippen LogP contribution in [0.3, 0.4) is 0 Å². The van der Waals surface area contributed by atoms with E-state index in [9.17, 15) is 9.59 Å². The van der Waals surface area contributed by atoms with Gasteiger partial charge in [0.25, 0.3) is 0 Å². The third-order valence-electron chi connectivity index (χ3n) is 6.96. The van der Waals surface area contributed by atoms with Crippen LogP contribution in [0.5, 0.6) is 0 Å². The minimum absolute atomic E-state index is 0.0731. The van der Waals surface area contributed by atoms with Gasteiger partial charge in [0, 0.05) is 48.5 Å². The first-order valence-electron chi connectivity index (χ1n) is 13.1. The van der Waals surface area contributed by atoms with Gasteiger partial charge in [-0.3, -0.25) is 19.6 Å². The summed E-state index contributed by atoms with van der Waals surface area (Å²) < 4.78 is 0. The average molecular weight is 507 g/mol. The van der Waals surface area contributed by atoms with Crippen molar-refractivity contribution in [3.8, 4) is 0 Å². The molecule has 8 heteroatoms. The maximum atomic E-state index is 12.4. The van der Waals surface area contributed by atoms with Gasteiger partial charge in [-0.1, -0.05) is 18.6 Å². The minimum atomic E-state index is 0.0731. The lowest BCUT2D eigenvalue weighted by Gasteiger charge is -2.28. The van der Waals surface area contributed by atoms with Gasteiger partial charge in [-0.2, -0.15) is 20.4 Å². The summed E-state index contributed by atoms with van der Waals surface area (Å²) in [4.78, 5) is 33.2. The number of pyridine rings is 2. The lowest BCUT2D eigenvalue weighted by molar-refractivity contribution is -0.118. The molecule has 1 aliphatic carbocycles. The molecule has 0 N–H and O–H groups in total. The van der Waals surface area contributed by atoms with Gasteiger partial charge >= 0.3 is 0 Å². The Morgan fingerprint density at radius 2 is 1.05 bits per heavy atom. The molecule has 0 spiro atoms. The SMILES string of the molecule is O=C(Cc1ccccn1)Cc1ccc([C@@H]2CCC[C@@H](c3ccc(CC(=O)Cc4ccccn4)nn3)C2)nn1. The number of carbonyl (C=O) groups is 2. The van der Waals surface area contributed by atoms with Crippen molar-refractivity contribution < 1.29 is 9.59 Å². The van der Waals surface area contributed by atoms with Crippen molar-refractivity contribution in [1.29, 1.82) is 0 Å². The van der Waals surface area contributed by atoms with Crippen LogP contribution < -0.4 is 0 Å². The first-order valence-corrected chi connectivity index (χ1v) is 13.1. The van der Waals surface area contributed by atoms with E-state index in [1.165, 1.54) is 0 Å². The van der Waals surface area contributed by atoms with E-state index in [1.54, 1.807) is 12.4 Å². The molecule has 0 aromatic carbocycles. The van der Waals surface area contributed by atoms with Gasteiger partial charge in [-0.25, -0.2) is 0 Å². The summed E-state index contributed by atoms with van der Waals surface area (Å²) in [5.74, 6) is 0.731. The van der Waals surface area contributed by atoms with Crippen LogP contribution >= 0.6 is 0 Å². The number of hydrogen-bond acceptors (Lipinski definition) is 8. The monoisotopic (exact) mass is 506 g/mol. The van der Waals surface area contributed by atoms with E-state index >= 15 is 0 Å². The normalized spacial score (nSPS) is 17.2. The molecule has 0 radical (unpaired) electrons. The summed E-state index contributed by atoms with van der Waals surface area (Å²) in [5, 5.41) is 17.6. The van der Waals surface area contributed by atoms with Gasteiger partial charge < -0.3 is 0 Å². The Morgan fingerprint density at radius 3 is 1.45 bits per heavy atom. The van der Waals surface area contributed by atoms with Crippen LogP contribution in [0.2, 0.25) is 0 Å². The van der Waals surface area contributed by atoms with Crippen LogP contribution in [0.15, 0.2) is 73.1 Å². The highest BCUT2D eigenvalue weighted by Crippen LogP contribution is 2.39. The summed E-state index contributed by atoms with van der Waals surface area (Å²) in [5.41, 5.74) is 4.81. The molecule has 5 rings (SSSR count). The number of ketones is 2. The fraction of sp³-hybridized carbons (Fsp3) is 0.333. The number of rotatable bonds is 10. The van der Waals surface area contributed by atoms with E-state index in [0.717, 1.165) is 48.5 Å². The third kappa shape index (κ3) is 6.97. The largest absolute Gasteiger partial charge is 0.299 e. The number of Topliss-reactive ketones (excluding diaryl/α,β-unsaturated/α-hetero) is 2. The summed E-state index contributed by atoms with van der Waals surface area (Å²) in [6.07, 6.45) is 8.60. The molecule has 8 nitrogen and oxygen atoms in total. The Bertz CT molecular complexity index is 1240. The minimum Gasteiger partial charge on any atom is -0.299 e. The maximum Gasteiger partial charge on any atom is 0.144 e. The summed E-state index contributed by atoms with van der Waals surface area (Å²) in [7, 11) is 0. The molecule has 4 heterocycles. The maximum absolute atomic E-state index is 12.4. The first kappa shape index (κ1) is 25.4. The van der Waals surface area contributed by atoms with Crippen molar-refractivity contribution in [2.75, 3.05) is 0 Å². The fourth-order valence-corrected chi connectivity index (χ4v) is 5.03. The molecule has 1 fully saturated rings. The number of carbonyl (C=O) groups excluding carboxylic acids is 2. The molecule has 1 saturated carbocycles. The first-order chi connectivity index (χ1) is 18.6. The Labute approximate surface area is 222 Å². The van der Waals surface area contributed by atoms with Crippen LogP contribution in [0.25, 0.3) is 0 Å². The summed E-state index contributed by atoms with van der Waals surface area (Å²) in [6.45, 7) is 0. The highest BCUT2D eigenvalue weighted by Gasteiger charge is 2.27. The van der Waals surface area contributed by atoms with E-state index in [0.29, 0.717) is 36.1 Å². The Kier molecular flexibility index (Phi) is 8.28. The van der Waals surface area contributed by atoms with Crippen molar-refractivity contribution >= 4 is 11.6 Å².